The summed E-state index contributed by atoms with van der Waals surface area (Å²) < 4.78 is 43.0. The van der Waals surface area contributed by atoms with Gasteiger partial charge in [0, 0.05) is 10.2 Å². The molecule has 0 radical (unpaired) electrons. The Morgan fingerprint density at radius 1 is 0.938 bits per heavy atom. The predicted molar refractivity (Wildman–Crippen MR) is 133 cm³/mol. The van der Waals surface area contributed by atoms with Crippen LogP contribution in [-0.2, 0) is 20.8 Å². The van der Waals surface area contributed by atoms with Crippen LogP contribution in [0.4, 0.5) is 0 Å². The number of alkyl halides is 1. The van der Waals surface area contributed by atoms with E-state index in [1.54, 1.807) is 30.3 Å². The fourth-order valence-electron chi connectivity index (χ4n) is 3.90. The number of aryl methyl sites for hydroxylation is 2. The Kier molecular flexibility index (Phi) is 6.54. The third kappa shape index (κ3) is 4.03. The van der Waals surface area contributed by atoms with Gasteiger partial charge in [-0.2, -0.15) is 4.31 Å². The quantitative estimate of drug-likeness (QED) is 0.230. The maximum absolute atomic E-state index is 14.0. The van der Waals surface area contributed by atoms with Crippen molar-refractivity contribution in [3.05, 3.63) is 108 Å². The van der Waals surface area contributed by atoms with Crippen LogP contribution in [0, 0.1) is 13.8 Å². The van der Waals surface area contributed by atoms with Crippen LogP contribution < -0.4 is 0 Å². The molecule has 1 fully saturated rings. The lowest BCUT2D eigenvalue weighted by Crippen LogP contribution is -2.27. The van der Waals surface area contributed by atoms with Crippen molar-refractivity contribution in [1.82, 2.24) is 4.31 Å². The highest BCUT2D eigenvalue weighted by atomic mass is 79.9. The lowest BCUT2D eigenvalue weighted by atomic mass is 10.1. The summed E-state index contributed by atoms with van der Waals surface area (Å²) in [5, 5.41) is 0.528. The molecular weight excluding hydrogens is 506 g/mol. The average Bonchev–Trinajstić information content (AvgIpc) is 3.50. The van der Waals surface area contributed by atoms with Gasteiger partial charge in [0.25, 0.3) is 0 Å². The number of benzene rings is 3. The molecule has 4 atom stereocenters. The second-order valence-electron chi connectivity index (χ2n) is 7.82. The first-order chi connectivity index (χ1) is 15.3. The van der Waals surface area contributed by atoms with Gasteiger partial charge in [0.15, 0.2) is 4.87 Å². The van der Waals surface area contributed by atoms with E-state index in [2.05, 4.69) is 15.9 Å². The van der Waals surface area contributed by atoms with Crippen molar-refractivity contribution in [2.45, 2.75) is 34.6 Å². The number of nitrogens with zero attached hydrogens (tertiary/aromatic N) is 1. The maximum Gasteiger partial charge on any atom is 0.245 e. The summed E-state index contributed by atoms with van der Waals surface area (Å²) in [6.07, 6.45) is 3.60. The van der Waals surface area contributed by atoms with E-state index in [-0.39, 0.29) is 4.90 Å². The summed E-state index contributed by atoms with van der Waals surface area (Å²) in [5.74, 6) is 0. The van der Waals surface area contributed by atoms with Gasteiger partial charge < -0.3 is 0 Å². The molecule has 3 aromatic carbocycles. The van der Waals surface area contributed by atoms with Crippen LogP contribution in [0.3, 0.4) is 0 Å². The first-order valence-electron chi connectivity index (χ1n) is 10.2. The lowest BCUT2D eigenvalue weighted by molar-refractivity contribution is 0.546. The number of halogens is 1. The van der Waals surface area contributed by atoms with Crippen LogP contribution in [0.1, 0.15) is 22.7 Å². The smallest absolute Gasteiger partial charge is 0.245 e. The molecule has 3 aromatic rings. The molecule has 0 bridgehead atoms. The third-order valence-corrected chi connectivity index (χ3v) is 9.81. The number of sulfonamides is 1. The highest BCUT2D eigenvalue weighted by Gasteiger charge is 2.71. The summed E-state index contributed by atoms with van der Waals surface area (Å²) >= 11 is 3.39. The Labute approximate surface area is 200 Å². The van der Waals surface area contributed by atoms with E-state index < -0.39 is 31.7 Å². The zero-order valence-electron chi connectivity index (χ0n) is 17.8. The van der Waals surface area contributed by atoms with E-state index >= 15 is 0 Å². The highest BCUT2D eigenvalue weighted by molar-refractivity contribution is 9.09. The summed E-state index contributed by atoms with van der Waals surface area (Å²) in [5.41, 5.74) is 2.83. The van der Waals surface area contributed by atoms with Crippen LogP contribution in [0.15, 0.2) is 101 Å². The Morgan fingerprint density at radius 3 is 2.06 bits per heavy atom. The fraction of sp³-hybridized carbons (Fsp3) is 0.200. The molecule has 0 aliphatic carbocycles. The Morgan fingerprint density at radius 2 is 1.50 bits per heavy atom. The minimum Gasteiger partial charge on any atom is -0.252 e. The molecule has 1 aliphatic rings. The van der Waals surface area contributed by atoms with E-state index in [1.165, 1.54) is 4.31 Å². The molecule has 166 valence electrons. The van der Waals surface area contributed by atoms with Gasteiger partial charge >= 0.3 is 0 Å². The largest absolute Gasteiger partial charge is 0.252 e. The minimum atomic E-state index is -3.91. The summed E-state index contributed by atoms with van der Waals surface area (Å²) in [6, 6.07) is 23.0. The summed E-state index contributed by atoms with van der Waals surface area (Å²) in [7, 11) is -5.54. The van der Waals surface area contributed by atoms with Gasteiger partial charge in [-0.25, -0.2) is 8.42 Å². The molecule has 0 saturated carbocycles. The Balaban J connectivity index is 1.90. The number of hydrogen-bond acceptors (Lipinski definition) is 3. The monoisotopic (exact) mass is 529 g/mol. The average molecular weight is 531 g/mol. The van der Waals surface area contributed by atoms with Crippen molar-refractivity contribution < 1.29 is 12.6 Å². The van der Waals surface area contributed by atoms with Crippen molar-refractivity contribution in [3.63, 3.8) is 0 Å². The van der Waals surface area contributed by atoms with E-state index in [1.807, 2.05) is 74.5 Å². The molecule has 1 heterocycles. The molecule has 32 heavy (non-hydrogen) atoms. The molecule has 0 aromatic heterocycles. The van der Waals surface area contributed by atoms with E-state index in [0.29, 0.717) is 10.2 Å². The Hall–Kier alpha value is -2.06. The van der Waals surface area contributed by atoms with Crippen molar-refractivity contribution in [2.24, 2.45) is 0 Å². The SMILES string of the molecule is Cc1ccc(S(=O)[C@]2(/C=C/CBr)[C@H](c3ccccc3)N2S(=O)(=O)c2ccc(C)cc2)cc1. The number of hydrogen-bond donors (Lipinski definition) is 0. The summed E-state index contributed by atoms with van der Waals surface area (Å²) in [6.45, 7) is 3.88. The van der Waals surface area contributed by atoms with Crippen LogP contribution >= 0.6 is 15.9 Å². The van der Waals surface area contributed by atoms with Crippen molar-refractivity contribution >= 4 is 36.8 Å². The van der Waals surface area contributed by atoms with Gasteiger partial charge in [-0.15, -0.1) is 0 Å². The van der Waals surface area contributed by atoms with Crippen molar-refractivity contribution in [1.29, 1.82) is 0 Å². The molecule has 0 spiro atoms. The van der Waals surface area contributed by atoms with Gasteiger partial charge in [-0.3, -0.25) is 4.21 Å². The highest BCUT2D eigenvalue weighted by Crippen LogP contribution is 2.60. The zero-order valence-corrected chi connectivity index (χ0v) is 21.0. The molecule has 4 nitrogen and oxygen atoms in total. The minimum absolute atomic E-state index is 0.194. The third-order valence-electron chi connectivity index (χ3n) is 5.57. The molecule has 0 amide bonds. The summed E-state index contributed by atoms with van der Waals surface area (Å²) in [4.78, 5) is -0.426. The second kappa shape index (κ2) is 9.06. The van der Waals surface area contributed by atoms with Crippen LogP contribution in [0.2, 0.25) is 0 Å². The molecule has 7 heteroatoms. The van der Waals surface area contributed by atoms with E-state index in [9.17, 15) is 12.6 Å². The van der Waals surface area contributed by atoms with Gasteiger partial charge in [-0.05, 0) is 43.7 Å². The van der Waals surface area contributed by atoms with Gasteiger partial charge in [0.05, 0.1) is 21.7 Å². The van der Waals surface area contributed by atoms with Crippen LogP contribution in [-0.4, -0.2) is 27.1 Å². The van der Waals surface area contributed by atoms with E-state index in [0.717, 1.165) is 16.7 Å². The molecular formula is C25H24BrNO3S2. The van der Waals surface area contributed by atoms with Crippen molar-refractivity contribution in [3.8, 4) is 0 Å². The topological polar surface area (TPSA) is 54.2 Å². The maximum atomic E-state index is 14.0. The van der Waals surface area contributed by atoms with Crippen molar-refractivity contribution in [2.75, 3.05) is 5.33 Å². The van der Waals surface area contributed by atoms with Gasteiger partial charge in [0.2, 0.25) is 10.0 Å². The van der Waals surface area contributed by atoms with Crippen LogP contribution in [0.5, 0.6) is 0 Å². The Bertz CT molecular complexity index is 1260. The van der Waals surface area contributed by atoms with Gasteiger partial charge in [0.1, 0.15) is 0 Å². The first kappa shape index (κ1) is 23.1. The molecule has 1 saturated heterocycles. The van der Waals surface area contributed by atoms with Crippen LogP contribution in [0.25, 0.3) is 0 Å². The zero-order chi connectivity index (χ0) is 22.9. The number of rotatable bonds is 7. The number of allylic oxidation sites excluding steroid dienone is 1. The predicted octanol–water partition coefficient (Wildman–Crippen LogP) is 5.50. The molecule has 2 unspecified atom stereocenters. The van der Waals surface area contributed by atoms with E-state index in [4.69, 9.17) is 0 Å². The second-order valence-corrected chi connectivity index (χ2v) is 11.9. The standard InChI is InChI=1S/C25H24BrNO3S2/c1-19-9-13-22(14-10-19)31(28)25(17-6-18-26)24(21-7-4-3-5-8-21)27(25)32(29,30)23-15-11-20(2)12-16-23/h3-17,24H,18H2,1-2H3/b17-6+/t24-,25+,27?,31?/m0/s1. The van der Waals surface area contributed by atoms with Gasteiger partial charge in [-0.1, -0.05) is 93.8 Å². The lowest BCUT2D eigenvalue weighted by Gasteiger charge is -2.15. The molecule has 0 N–H and O–H groups in total. The fourth-order valence-corrected chi connectivity index (χ4v) is 8.05. The first-order valence-corrected chi connectivity index (χ1v) is 13.9. The normalized spacial score (nSPS) is 23.8. The molecule has 1 aliphatic heterocycles. The molecule has 4 rings (SSSR count).